The molecule has 0 aromatic carbocycles. The molecule has 0 aliphatic rings. The summed E-state index contributed by atoms with van der Waals surface area (Å²) in [5, 5.41) is 9.20. The summed E-state index contributed by atoms with van der Waals surface area (Å²) in [6.07, 6.45) is 1.05. The Bertz CT molecular complexity index is 434. The Kier molecular flexibility index (Phi) is 6.76. The van der Waals surface area contributed by atoms with Crippen molar-refractivity contribution in [1.82, 2.24) is 15.3 Å². The summed E-state index contributed by atoms with van der Waals surface area (Å²) < 4.78 is 0. The lowest BCUT2D eigenvalue weighted by molar-refractivity contribution is -0.123. The van der Waals surface area contributed by atoms with Gasteiger partial charge in [0.1, 0.15) is 5.82 Å². The van der Waals surface area contributed by atoms with E-state index in [2.05, 4.69) is 32.8 Å². The third-order valence-corrected chi connectivity index (χ3v) is 2.64. The van der Waals surface area contributed by atoms with Crippen molar-refractivity contribution >= 4 is 17.7 Å². The lowest BCUT2D eigenvalue weighted by Gasteiger charge is -2.10. The lowest BCUT2D eigenvalue weighted by atomic mass is 10.2. The van der Waals surface area contributed by atoms with E-state index in [9.17, 15) is 4.79 Å². The average molecular weight is 279 g/mol. The van der Waals surface area contributed by atoms with E-state index in [0.29, 0.717) is 19.0 Å². The molecule has 1 aromatic rings. The Labute approximate surface area is 120 Å². The second kappa shape index (κ2) is 8.35. The van der Waals surface area contributed by atoms with Crippen molar-refractivity contribution in [3.63, 3.8) is 0 Å². The molecule has 0 atom stereocenters. The van der Waals surface area contributed by atoms with Crippen LogP contribution in [0.4, 0.5) is 11.8 Å². The smallest absolute Gasteiger partial charge is 0.224 e. The zero-order chi connectivity index (χ0) is 15.0. The molecule has 1 aromatic heterocycles. The van der Waals surface area contributed by atoms with Crippen LogP contribution in [-0.4, -0.2) is 35.5 Å². The summed E-state index contributed by atoms with van der Waals surface area (Å²) in [5.41, 5.74) is 0.910. The van der Waals surface area contributed by atoms with Crippen molar-refractivity contribution in [2.45, 2.75) is 34.1 Å². The van der Waals surface area contributed by atoms with E-state index >= 15 is 0 Å². The summed E-state index contributed by atoms with van der Waals surface area (Å²) in [7, 11) is 0. The Balaban J connectivity index is 2.43. The lowest BCUT2D eigenvalue weighted by Crippen LogP contribution is -2.32. The molecule has 0 bridgehead atoms. The fourth-order valence-electron chi connectivity index (χ4n) is 1.56. The first kappa shape index (κ1) is 16.2. The minimum Gasteiger partial charge on any atom is -0.370 e. The zero-order valence-corrected chi connectivity index (χ0v) is 12.8. The molecule has 112 valence electrons. The topological polar surface area (TPSA) is 78.9 Å². The van der Waals surface area contributed by atoms with Crippen LogP contribution < -0.4 is 16.0 Å². The van der Waals surface area contributed by atoms with Gasteiger partial charge in [0.25, 0.3) is 0 Å². The highest BCUT2D eigenvalue weighted by molar-refractivity contribution is 5.77. The van der Waals surface area contributed by atoms with Crippen LogP contribution in [0.15, 0.2) is 6.07 Å². The molecule has 6 heteroatoms. The predicted octanol–water partition coefficient (Wildman–Crippen LogP) is 1.79. The first-order valence-corrected chi connectivity index (χ1v) is 7.14. The van der Waals surface area contributed by atoms with E-state index in [-0.39, 0.29) is 11.8 Å². The molecule has 1 rings (SSSR count). The minimum absolute atomic E-state index is 0.00932. The molecule has 0 aliphatic heterocycles. The molecule has 0 unspecified atom stereocenters. The largest absolute Gasteiger partial charge is 0.370 e. The van der Waals surface area contributed by atoms with E-state index < -0.39 is 0 Å². The van der Waals surface area contributed by atoms with Crippen LogP contribution in [-0.2, 0) is 4.79 Å². The molecular weight excluding hydrogens is 254 g/mol. The molecule has 3 N–H and O–H groups in total. The minimum atomic E-state index is 0.00932. The first-order valence-electron chi connectivity index (χ1n) is 7.14. The van der Waals surface area contributed by atoms with Crippen molar-refractivity contribution in [3.05, 3.63) is 11.8 Å². The van der Waals surface area contributed by atoms with Crippen LogP contribution in [0.2, 0.25) is 0 Å². The summed E-state index contributed by atoms with van der Waals surface area (Å²) in [6.45, 7) is 9.85. The molecule has 0 saturated carbocycles. The Morgan fingerprint density at radius 1 is 1.20 bits per heavy atom. The van der Waals surface area contributed by atoms with Gasteiger partial charge >= 0.3 is 0 Å². The number of nitrogens with zero attached hydrogens (tertiary/aromatic N) is 2. The van der Waals surface area contributed by atoms with Crippen molar-refractivity contribution < 1.29 is 4.79 Å². The fourth-order valence-corrected chi connectivity index (χ4v) is 1.56. The highest BCUT2D eigenvalue weighted by Crippen LogP contribution is 2.09. The number of nitrogens with one attached hydrogen (secondary N) is 3. The normalized spacial score (nSPS) is 10.4. The van der Waals surface area contributed by atoms with Crippen LogP contribution in [0.1, 0.15) is 32.9 Å². The number of anilines is 2. The number of carbonyl (C=O) groups is 1. The monoisotopic (exact) mass is 279 g/mol. The predicted molar refractivity (Wildman–Crippen MR) is 81.9 cm³/mol. The molecule has 1 heterocycles. The van der Waals surface area contributed by atoms with Gasteiger partial charge in [-0.1, -0.05) is 20.8 Å². The maximum atomic E-state index is 11.4. The summed E-state index contributed by atoms with van der Waals surface area (Å²) in [6, 6.07) is 1.92. The van der Waals surface area contributed by atoms with Crippen LogP contribution in [0.5, 0.6) is 0 Å². The molecule has 0 fully saturated rings. The first-order chi connectivity index (χ1) is 9.52. The molecule has 0 spiro atoms. The fraction of sp³-hybridized carbons (Fsp3) is 0.643. The van der Waals surface area contributed by atoms with Crippen LogP contribution in [0, 0.1) is 12.8 Å². The van der Waals surface area contributed by atoms with Crippen LogP contribution in [0.25, 0.3) is 0 Å². The van der Waals surface area contributed by atoms with Crippen molar-refractivity contribution in [2.75, 3.05) is 30.3 Å². The number of hydrogen-bond donors (Lipinski definition) is 3. The third kappa shape index (κ3) is 5.86. The van der Waals surface area contributed by atoms with E-state index in [0.717, 1.165) is 24.5 Å². The standard InChI is InChI=1S/C14H25N5O/c1-5-6-15-12-9-11(4)18-14(19-12)17-8-7-16-13(20)10(2)3/h9-10H,5-8H2,1-4H3,(H,16,20)(H2,15,17,18,19). The van der Waals surface area contributed by atoms with Crippen LogP contribution >= 0.6 is 0 Å². The van der Waals surface area contributed by atoms with Gasteiger partial charge in [0.05, 0.1) is 0 Å². The Morgan fingerprint density at radius 3 is 2.60 bits per heavy atom. The molecule has 0 radical (unpaired) electrons. The SMILES string of the molecule is CCCNc1cc(C)nc(NCCNC(=O)C(C)C)n1. The van der Waals surface area contributed by atoms with Gasteiger partial charge in [-0.25, -0.2) is 4.98 Å². The van der Waals surface area contributed by atoms with Gasteiger partial charge in [0, 0.05) is 37.3 Å². The van der Waals surface area contributed by atoms with E-state index in [4.69, 9.17) is 0 Å². The Hall–Kier alpha value is -1.85. The van der Waals surface area contributed by atoms with Gasteiger partial charge in [0.2, 0.25) is 11.9 Å². The van der Waals surface area contributed by atoms with Crippen molar-refractivity contribution in [2.24, 2.45) is 5.92 Å². The van der Waals surface area contributed by atoms with Gasteiger partial charge in [0.15, 0.2) is 0 Å². The highest BCUT2D eigenvalue weighted by Gasteiger charge is 2.05. The van der Waals surface area contributed by atoms with E-state index in [1.54, 1.807) is 0 Å². The quantitative estimate of drug-likeness (QED) is 0.632. The maximum Gasteiger partial charge on any atom is 0.224 e. The highest BCUT2D eigenvalue weighted by atomic mass is 16.1. The number of amides is 1. The van der Waals surface area contributed by atoms with Gasteiger partial charge in [-0.2, -0.15) is 4.98 Å². The number of carbonyl (C=O) groups excluding carboxylic acids is 1. The number of aryl methyl sites for hydroxylation is 1. The van der Waals surface area contributed by atoms with Crippen LogP contribution in [0.3, 0.4) is 0 Å². The molecule has 0 saturated heterocycles. The summed E-state index contributed by atoms with van der Waals surface area (Å²) in [4.78, 5) is 20.1. The summed E-state index contributed by atoms with van der Waals surface area (Å²) in [5.74, 6) is 1.48. The van der Waals surface area contributed by atoms with Gasteiger partial charge in [-0.15, -0.1) is 0 Å². The van der Waals surface area contributed by atoms with E-state index in [1.165, 1.54) is 0 Å². The molecule has 1 amide bonds. The van der Waals surface area contributed by atoms with E-state index in [1.807, 2.05) is 26.8 Å². The summed E-state index contributed by atoms with van der Waals surface area (Å²) >= 11 is 0. The van der Waals surface area contributed by atoms with Gasteiger partial charge in [-0.05, 0) is 13.3 Å². The number of hydrogen-bond acceptors (Lipinski definition) is 5. The van der Waals surface area contributed by atoms with Gasteiger partial charge in [-0.3, -0.25) is 4.79 Å². The zero-order valence-electron chi connectivity index (χ0n) is 12.8. The van der Waals surface area contributed by atoms with Crippen molar-refractivity contribution in [3.8, 4) is 0 Å². The van der Waals surface area contributed by atoms with Gasteiger partial charge < -0.3 is 16.0 Å². The Morgan fingerprint density at radius 2 is 1.95 bits per heavy atom. The molecule has 6 nitrogen and oxygen atoms in total. The molecular formula is C14H25N5O. The second-order valence-corrected chi connectivity index (χ2v) is 5.02. The average Bonchev–Trinajstić information content (AvgIpc) is 2.40. The molecule has 20 heavy (non-hydrogen) atoms. The number of rotatable bonds is 8. The third-order valence-electron chi connectivity index (χ3n) is 2.64. The molecule has 0 aliphatic carbocycles. The second-order valence-electron chi connectivity index (χ2n) is 5.02. The van der Waals surface area contributed by atoms with Crippen molar-refractivity contribution in [1.29, 1.82) is 0 Å². The maximum absolute atomic E-state index is 11.4. The number of aromatic nitrogens is 2.